The Balaban J connectivity index is 1.42. The first kappa shape index (κ1) is 16.4. The molecule has 0 atom stereocenters. The third-order valence-electron chi connectivity index (χ3n) is 3.94. The highest BCUT2D eigenvalue weighted by atomic mass is 32.1. The van der Waals surface area contributed by atoms with Crippen LogP contribution in [0.3, 0.4) is 0 Å². The Kier molecular flexibility index (Phi) is 4.45. The molecule has 1 aliphatic heterocycles. The van der Waals surface area contributed by atoms with E-state index in [1.807, 2.05) is 30.3 Å². The average Bonchev–Trinajstić information content (AvgIpc) is 3.17. The van der Waals surface area contributed by atoms with E-state index in [1.165, 1.54) is 11.3 Å². The summed E-state index contributed by atoms with van der Waals surface area (Å²) in [4.78, 5) is 16.5. The zero-order valence-electron chi connectivity index (χ0n) is 13.8. The van der Waals surface area contributed by atoms with Crippen LogP contribution in [0.4, 0.5) is 5.69 Å². The lowest BCUT2D eigenvalue weighted by atomic mass is 10.2. The van der Waals surface area contributed by atoms with Gasteiger partial charge in [0.2, 0.25) is 0 Å². The van der Waals surface area contributed by atoms with Gasteiger partial charge in [0.25, 0.3) is 0 Å². The normalized spacial score (nSPS) is 12.6. The quantitative estimate of drug-likeness (QED) is 0.711. The zero-order chi connectivity index (χ0) is 17.9. The fourth-order valence-electron chi connectivity index (χ4n) is 2.64. The number of aromatic carboxylic acids is 1. The number of thiophene rings is 1. The van der Waals surface area contributed by atoms with Crippen LogP contribution in [0.5, 0.6) is 11.5 Å². The lowest BCUT2D eigenvalue weighted by molar-refractivity contribution is 0.0702. The monoisotopic (exact) mass is 368 g/mol. The number of anilines is 1. The van der Waals surface area contributed by atoms with Crippen LogP contribution in [0.2, 0.25) is 0 Å². The highest BCUT2D eigenvalue weighted by molar-refractivity contribution is 7.17. The Labute approximate surface area is 154 Å². The molecule has 0 saturated heterocycles. The van der Waals surface area contributed by atoms with Crippen LogP contribution in [0, 0.1) is 0 Å². The smallest absolute Gasteiger partial charge is 0.345 e. The number of carbonyl (C=O) groups is 1. The minimum atomic E-state index is -0.918. The summed E-state index contributed by atoms with van der Waals surface area (Å²) in [6.45, 7) is 1.79. The number of hydrogen-bond donors (Lipinski definition) is 2. The van der Waals surface area contributed by atoms with Crippen molar-refractivity contribution < 1.29 is 19.4 Å². The van der Waals surface area contributed by atoms with Crippen LogP contribution < -0.4 is 14.8 Å². The van der Waals surface area contributed by atoms with Gasteiger partial charge < -0.3 is 19.9 Å². The summed E-state index contributed by atoms with van der Waals surface area (Å²) in [6, 6.07) is 13.1. The number of pyridine rings is 1. The molecule has 2 N–H and O–H groups in total. The Morgan fingerprint density at radius 1 is 1.12 bits per heavy atom. The predicted molar refractivity (Wildman–Crippen MR) is 99.3 cm³/mol. The number of ether oxygens (including phenoxy) is 2. The molecule has 132 valence electrons. The number of carboxylic acid groups (broad SMARTS) is 1. The molecular weight excluding hydrogens is 352 g/mol. The molecule has 0 amide bonds. The number of rotatable bonds is 5. The van der Waals surface area contributed by atoms with E-state index < -0.39 is 5.97 Å². The molecule has 0 saturated carbocycles. The zero-order valence-corrected chi connectivity index (χ0v) is 14.6. The molecule has 3 heterocycles. The molecule has 2 aromatic heterocycles. The summed E-state index contributed by atoms with van der Waals surface area (Å²) in [5.74, 6) is 0.637. The molecule has 7 heteroatoms. The van der Waals surface area contributed by atoms with Crippen LogP contribution in [0.1, 0.15) is 15.2 Å². The third kappa shape index (κ3) is 3.48. The van der Waals surface area contributed by atoms with Gasteiger partial charge in [-0.15, -0.1) is 11.3 Å². The topological polar surface area (TPSA) is 80.7 Å². The fraction of sp³-hybridized carbons (Fsp3) is 0.158. The highest BCUT2D eigenvalue weighted by Gasteiger charge is 2.12. The van der Waals surface area contributed by atoms with Crippen molar-refractivity contribution in [2.24, 2.45) is 0 Å². The van der Waals surface area contributed by atoms with Gasteiger partial charge in [-0.3, -0.25) is 4.98 Å². The van der Waals surface area contributed by atoms with Crippen LogP contribution in [0.15, 0.2) is 48.7 Å². The van der Waals surface area contributed by atoms with Gasteiger partial charge in [0.1, 0.15) is 18.1 Å². The lowest BCUT2D eigenvalue weighted by Crippen LogP contribution is -2.15. The van der Waals surface area contributed by atoms with Crippen molar-refractivity contribution in [3.63, 3.8) is 0 Å². The molecule has 26 heavy (non-hydrogen) atoms. The summed E-state index contributed by atoms with van der Waals surface area (Å²) >= 11 is 1.22. The van der Waals surface area contributed by atoms with Gasteiger partial charge >= 0.3 is 5.97 Å². The molecule has 1 aliphatic rings. The Morgan fingerprint density at radius 2 is 1.96 bits per heavy atom. The number of hydrogen-bond acceptors (Lipinski definition) is 6. The lowest BCUT2D eigenvalue weighted by Gasteiger charge is -2.19. The Morgan fingerprint density at radius 3 is 2.69 bits per heavy atom. The van der Waals surface area contributed by atoms with Gasteiger partial charge in [-0.05, 0) is 42.0 Å². The van der Waals surface area contributed by atoms with Crippen LogP contribution in [-0.4, -0.2) is 29.3 Å². The van der Waals surface area contributed by atoms with Crippen LogP contribution in [-0.2, 0) is 6.54 Å². The Bertz CT molecular complexity index is 937. The standard InChI is InChI=1S/C19H16N2O4S/c22-19(23)18-6-5-17(26-18)14-3-2-13(11-21-14)20-10-12-1-4-15-16(9-12)25-8-7-24-15/h1-6,9,11,20H,7-8,10H2,(H,22,23). The van der Waals surface area contributed by atoms with Gasteiger partial charge in [0.05, 0.1) is 22.5 Å². The largest absolute Gasteiger partial charge is 0.486 e. The number of nitrogens with zero attached hydrogens (tertiary/aromatic N) is 1. The van der Waals surface area contributed by atoms with Crippen molar-refractivity contribution in [3.05, 3.63) is 59.1 Å². The van der Waals surface area contributed by atoms with E-state index >= 15 is 0 Å². The first-order valence-corrected chi connectivity index (χ1v) is 8.93. The molecule has 4 rings (SSSR count). The van der Waals surface area contributed by atoms with Crippen molar-refractivity contribution in [3.8, 4) is 22.1 Å². The van der Waals surface area contributed by atoms with E-state index in [4.69, 9.17) is 14.6 Å². The molecule has 0 spiro atoms. The molecule has 6 nitrogen and oxygen atoms in total. The molecule has 0 bridgehead atoms. The first-order chi connectivity index (χ1) is 12.7. The second-order valence-corrected chi connectivity index (χ2v) is 6.82. The highest BCUT2D eigenvalue weighted by Crippen LogP contribution is 2.31. The molecular formula is C19H16N2O4S. The molecule has 0 radical (unpaired) electrons. The van der Waals surface area contributed by atoms with Crippen molar-refractivity contribution in [1.82, 2.24) is 4.98 Å². The number of aromatic nitrogens is 1. The molecule has 3 aromatic rings. The van der Waals surface area contributed by atoms with Crippen molar-refractivity contribution in [2.45, 2.75) is 6.54 Å². The number of fused-ring (bicyclic) bond motifs is 1. The van der Waals surface area contributed by atoms with Crippen LogP contribution in [0.25, 0.3) is 10.6 Å². The maximum Gasteiger partial charge on any atom is 0.345 e. The van der Waals surface area contributed by atoms with Gasteiger partial charge in [-0.25, -0.2) is 4.79 Å². The maximum atomic E-state index is 11.0. The van der Waals surface area contributed by atoms with Gasteiger partial charge in [-0.2, -0.15) is 0 Å². The fourth-order valence-corrected chi connectivity index (χ4v) is 3.46. The predicted octanol–water partition coefficient (Wildman–Crippen LogP) is 3.89. The summed E-state index contributed by atoms with van der Waals surface area (Å²) in [7, 11) is 0. The molecule has 0 fully saturated rings. The van der Waals surface area contributed by atoms with E-state index in [-0.39, 0.29) is 0 Å². The van der Waals surface area contributed by atoms with E-state index in [1.54, 1.807) is 18.3 Å². The second-order valence-electron chi connectivity index (χ2n) is 5.73. The molecule has 0 unspecified atom stereocenters. The number of carboxylic acids is 1. The van der Waals surface area contributed by atoms with Crippen molar-refractivity contribution in [1.29, 1.82) is 0 Å². The van der Waals surface area contributed by atoms with E-state index in [0.29, 0.717) is 24.6 Å². The average molecular weight is 368 g/mol. The minimum Gasteiger partial charge on any atom is -0.486 e. The summed E-state index contributed by atoms with van der Waals surface area (Å²) < 4.78 is 11.1. The number of nitrogens with one attached hydrogen (secondary N) is 1. The van der Waals surface area contributed by atoms with Crippen LogP contribution >= 0.6 is 11.3 Å². The molecule has 1 aromatic carbocycles. The second kappa shape index (κ2) is 7.05. The maximum absolute atomic E-state index is 11.0. The van der Waals surface area contributed by atoms with E-state index in [0.717, 1.165) is 33.3 Å². The summed E-state index contributed by atoms with van der Waals surface area (Å²) in [5.41, 5.74) is 2.73. The van der Waals surface area contributed by atoms with Crippen molar-refractivity contribution >= 4 is 23.0 Å². The van der Waals surface area contributed by atoms with Gasteiger partial charge in [-0.1, -0.05) is 6.07 Å². The van der Waals surface area contributed by atoms with E-state index in [2.05, 4.69) is 10.3 Å². The van der Waals surface area contributed by atoms with E-state index in [9.17, 15) is 4.79 Å². The van der Waals surface area contributed by atoms with Crippen molar-refractivity contribution in [2.75, 3.05) is 18.5 Å². The molecule has 0 aliphatic carbocycles. The van der Waals surface area contributed by atoms with Gasteiger partial charge in [0.15, 0.2) is 11.5 Å². The summed E-state index contributed by atoms with van der Waals surface area (Å²) in [6.07, 6.45) is 1.74. The third-order valence-corrected chi connectivity index (χ3v) is 5.03. The summed E-state index contributed by atoms with van der Waals surface area (Å²) in [5, 5.41) is 12.3. The Hall–Kier alpha value is -3.06. The minimum absolute atomic E-state index is 0.308. The number of benzene rings is 1. The first-order valence-electron chi connectivity index (χ1n) is 8.11. The SMILES string of the molecule is O=C(O)c1ccc(-c2ccc(NCc3ccc4c(c3)OCCO4)cn2)s1. The van der Waals surface area contributed by atoms with Gasteiger partial charge in [0, 0.05) is 6.54 Å².